The Morgan fingerprint density at radius 3 is 2.92 bits per heavy atom. The van der Waals surface area contributed by atoms with Gasteiger partial charge in [-0.3, -0.25) is 4.79 Å². The summed E-state index contributed by atoms with van der Waals surface area (Å²) in [6.45, 7) is 9.26. The zero-order chi connectivity index (χ0) is 17.3. The van der Waals surface area contributed by atoms with E-state index in [1.807, 2.05) is 19.1 Å². The lowest BCUT2D eigenvalue weighted by atomic mass is 10.0. The molecule has 3 rings (SSSR count). The topological polar surface area (TPSA) is 45.2 Å². The Labute approximate surface area is 150 Å². The first-order chi connectivity index (χ1) is 11.5. The summed E-state index contributed by atoms with van der Waals surface area (Å²) >= 11 is 3.35. The molecule has 0 saturated carbocycles. The lowest BCUT2D eigenvalue weighted by Crippen LogP contribution is -2.25. The molecule has 0 aromatic carbocycles. The highest BCUT2D eigenvalue weighted by atomic mass is 32.1. The maximum absolute atomic E-state index is 11.6. The lowest BCUT2D eigenvalue weighted by molar-refractivity contribution is -0.114. The van der Waals surface area contributed by atoms with Gasteiger partial charge in [0.25, 0.3) is 0 Å². The highest BCUT2D eigenvalue weighted by Crippen LogP contribution is 2.45. The van der Waals surface area contributed by atoms with Gasteiger partial charge in [0.1, 0.15) is 10.0 Å². The quantitative estimate of drug-likeness (QED) is 0.827. The first kappa shape index (κ1) is 17.1. The van der Waals surface area contributed by atoms with Gasteiger partial charge in [-0.05, 0) is 32.0 Å². The largest absolute Gasteiger partial charge is 0.317 e. The molecule has 1 amide bonds. The summed E-state index contributed by atoms with van der Waals surface area (Å²) in [5.74, 6) is -0.0387. The number of likely N-dealkylation sites (N-methyl/N-ethyl adjacent to an activating group) is 1. The average Bonchev–Trinajstić information content (AvgIpc) is 3.03. The van der Waals surface area contributed by atoms with Crippen LogP contribution in [-0.4, -0.2) is 29.4 Å². The number of nitrogens with zero attached hydrogens (tertiary/aromatic N) is 2. The van der Waals surface area contributed by atoms with E-state index >= 15 is 0 Å². The van der Waals surface area contributed by atoms with Crippen LogP contribution >= 0.6 is 22.7 Å². The van der Waals surface area contributed by atoms with Gasteiger partial charge in [0.15, 0.2) is 0 Å². The minimum absolute atomic E-state index is 0.0387. The van der Waals surface area contributed by atoms with Crippen molar-refractivity contribution in [1.82, 2.24) is 9.88 Å². The number of carbonyl (C=O) groups excluding carboxylic acids is 1. The van der Waals surface area contributed by atoms with Gasteiger partial charge in [-0.1, -0.05) is 18.7 Å². The van der Waals surface area contributed by atoms with E-state index in [1.54, 1.807) is 35.7 Å². The fourth-order valence-electron chi connectivity index (χ4n) is 2.83. The molecule has 6 heteroatoms. The van der Waals surface area contributed by atoms with Crippen LogP contribution in [0, 0.1) is 6.92 Å². The normalized spacial score (nSPS) is 14.8. The number of thiophene rings is 1. The van der Waals surface area contributed by atoms with E-state index in [-0.39, 0.29) is 5.91 Å². The molecule has 126 valence electrons. The maximum Gasteiger partial charge on any atom is 0.221 e. The molecule has 0 aliphatic carbocycles. The molecule has 0 radical (unpaired) electrons. The van der Waals surface area contributed by atoms with Gasteiger partial charge >= 0.3 is 0 Å². The molecule has 4 nitrogen and oxygen atoms in total. The van der Waals surface area contributed by atoms with Crippen LogP contribution in [0.3, 0.4) is 0 Å². The van der Waals surface area contributed by atoms with Crippen LogP contribution < -0.4 is 5.32 Å². The third-order valence-electron chi connectivity index (χ3n) is 3.97. The summed E-state index contributed by atoms with van der Waals surface area (Å²) in [5.41, 5.74) is 3.47. The molecular weight excluding hydrogens is 338 g/mol. The molecule has 1 N–H and O–H groups in total. The summed E-state index contributed by atoms with van der Waals surface area (Å²) in [6, 6.07) is 0. The number of rotatable bonds is 4. The molecule has 2 aromatic rings. The van der Waals surface area contributed by atoms with Crippen molar-refractivity contribution in [3.63, 3.8) is 0 Å². The molecule has 0 bridgehead atoms. The van der Waals surface area contributed by atoms with Crippen LogP contribution in [0.15, 0.2) is 18.7 Å². The third kappa shape index (κ3) is 3.36. The summed E-state index contributed by atoms with van der Waals surface area (Å²) < 4.78 is 0. The standard InChI is InChI=1S/C18H21N3OS2/c1-5-6-7-14-11(2)19-17(23-14)16-13-8-9-21(4)10-15(13)24-18(16)20-12(3)22/h5-7H,1,8-10H2,2-4H3,(H,20,22)/b7-6-. The number of amides is 1. The zero-order valence-electron chi connectivity index (χ0n) is 14.2. The highest BCUT2D eigenvalue weighted by molar-refractivity contribution is 7.19. The second kappa shape index (κ2) is 7.01. The molecule has 3 heterocycles. The van der Waals surface area contributed by atoms with Gasteiger partial charge in [-0.25, -0.2) is 4.98 Å². The van der Waals surface area contributed by atoms with Crippen molar-refractivity contribution in [2.75, 3.05) is 18.9 Å². The second-order valence-corrected chi connectivity index (χ2v) is 8.08. The summed E-state index contributed by atoms with van der Waals surface area (Å²) in [5, 5.41) is 4.92. The Kier molecular flexibility index (Phi) is 4.99. The monoisotopic (exact) mass is 359 g/mol. The van der Waals surface area contributed by atoms with E-state index in [0.29, 0.717) is 0 Å². The van der Waals surface area contributed by atoms with Crippen molar-refractivity contribution in [1.29, 1.82) is 0 Å². The van der Waals surface area contributed by atoms with Crippen molar-refractivity contribution in [2.45, 2.75) is 26.8 Å². The fourth-order valence-corrected chi connectivity index (χ4v) is 5.33. The number of aromatic nitrogens is 1. The Balaban J connectivity index is 2.10. The van der Waals surface area contributed by atoms with Gasteiger partial charge in [0, 0.05) is 30.5 Å². The van der Waals surface area contributed by atoms with Crippen LogP contribution in [-0.2, 0) is 17.8 Å². The Hall–Kier alpha value is -1.76. The van der Waals surface area contributed by atoms with Gasteiger partial charge < -0.3 is 10.2 Å². The lowest BCUT2D eigenvalue weighted by Gasteiger charge is -2.22. The number of nitrogens with one attached hydrogen (secondary N) is 1. The van der Waals surface area contributed by atoms with E-state index in [0.717, 1.165) is 45.7 Å². The minimum Gasteiger partial charge on any atom is -0.317 e. The van der Waals surface area contributed by atoms with Crippen molar-refractivity contribution in [2.24, 2.45) is 0 Å². The number of hydrogen-bond donors (Lipinski definition) is 1. The van der Waals surface area contributed by atoms with Crippen molar-refractivity contribution >= 4 is 39.7 Å². The average molecular weight is 360 g/mol. The first-order valence-corrected chi connectivity index (χ1v) is 9.50. The van der Waals surface area contributed by atoms with Crippen LogP contribution in [0.1, 0.15) is 27.9 Å². The van der Waals surface area contributed by atoms with Crippen LogP contribution in [0.5, 0.6) is 0 Å². The van der Waals surface area contributed by atoms with E-state index in [4.69, 9.17) is 4.98 Å². The number of allylic oxidation sites excluding steroid dienone is 2. The number of thiazole rings is 1. The van der Waals surface area contributed by atoms with Crippen LogP contribution in [0.2, 0.25) is 0 Å². The second-order valence-electron chi connectivity index (χ2n) is 5.94. The number of fused-ring (bicyclic) bond motifs is 1. The maximum atomic E-state index is 11.6. The SMILES string of the molecule is C=C/C=C\c1sc(-c2c(NC(C)=O)sc3c2CCN(C)C3)nc1C. The van der Waals surface area contributed by atoms with E-state index in [9.17, 15) is 4.79 Å². The molecule has 0 atom stereocenters. The van der Waals surface area contributed by atoms with Crippen molar-refractivity contribution in [3.8, 4) is 10.6 Å². The van der Waals surface area contributed by atoms with Gasteiger partial charge in [0.2, 0.25) is 5.91 Å². The number of hydrogen-bond acceptors (Lipinski definition) is 5. The Bertz CT molecular complexity index is 817. The zero-order valence-corrected chi connectivity index (χ0v) is 15.8. The summed E-state index contributed by atoms with van der Waals surface area (Å²) in [4.78, 5) is 21.2. The number of aryl methyl sites for hydroxylation is 1. The van der Waals surface area contributed by atoms with Gasteiger partial charge in [0.05, 0.1) is 10.6 Å². The number of anilines is 1. The van der Waals surface area contributed by atoms with E-state index < -0.39 is 0 Å². The predicted octanol–water partition coefficient (Wildman–Crippen LogP) is 4.33. The Morgan fingerprint density at radius 2 is 2.21 bits per heavy atom. The molecule has 2 aromatic heterocycles. The smallest absolute Gasteiger partial charge is 0.221 e. The van der Waals surface area contributed by atoms with E-state index in [1.165, 1.54) is 10.4 Å². The van der Waals surface area contributed by atoms with Crippen LogP contribution in [0.25, 0.3) is 16.6 Å². The number of carbonyl (C=O) groups is 1. The van der Waals surface area contributed by atoms with Crippen LogP contribution in [0.4, 0.5) is 5.00 Å². The van der Waals surface area contributed by atoms with E-state index in [2.05, 4.69) is 23.8 Å². The molecule has 0 saturated heterocycles. The third-order valence-corrected chi connectivity index (χ3v) is 6.24. The molecule has 1 aliphatic rings. The highest BCUT2D eigenvalue weighted by Gasteiger charge is 2.26. The molecule has 0 unspecified atom stereocenters. The molecule has 0 spiro atoms. The summed E-state index contributed by atoms with van der Waals surface area (Å²) in [7, 11) is 2.13. The molecule has 1 aliphatic heterocycles. The van der Waals surface area contributed by atoms with Gasteiger partial charge in [-0.15, -0.1) is 22.7 Å². The molecular formula is C18H21N3OS2. The molecule has 24 heavy (non-hydrogen) atoms. The summed E-state index contributed by atoms with van der Waals surface area (Å²) in [6.07, 6.45) is 6.73. The fraction of sp³-hybridized carbons (Fsp3) is 0.333. The minimum atomic E-state index is -0.0387. The molecule has 0 fully saturated rings. The van der Waals surface area contributed by atoms with Crippen molar-refractivity contribution in [3.05, 3.63) is 39.7 Å². The first-order valence-electron chi connectivity index (χ1n) is 7.87. The predicted molar refractivity (Wildman–Crippen MR) is 104 cm³/mol. The van der Waals surface area contributed by atoms with Crippen molar-refractivity contribution < 1.29 is 4.79 Å². The Morgan fingerprint density at radius 1 is 1.42 bits per heavy atom. The van der Waals surface area contributed by atoms with Gasteiger partial charge in [-0.2, -0.15) is 0 Å².